The molecule has 156 valence electrons. The number of aromatic nitrogens is 1. The predicted molar refractivity (Wildman–Crippen MR) is 122 cm³/mol. The van der Waals surface area contributed by atoms with Crippen LogP contribution in [0.25, 0.3) is 10.2 Å². The van der Waals surface area contributed by atoms with Crippen molar-refractivity contribution in [3.8, 4) is 5.75 Å². The summed E-state index contributed by atoms with van der Waals surface area (Å²) >= 11 is 3.29. The van der Waals surface area contributed by atoms with E-state index in [4.69, 9.17) is 9.72 Å². The number of rotatable bonds is 5. The van der Waals surface area contributed by atoms with E-state index < -0.39 is 0 Å². The van der Waals surface area contributed by atoms with E-state index in [9.17, 15) is 9.59 Å². The van der Waals surface area contributed by atoms with Crippen LogP contribution < -0.4 is 9.64 Å². The normalized spacial score (nSPS) is 26.3. The maximum Gasteiger partial charge on any atom is 0.238 e. The molecule has 31 heavy (non-hydrogen) atoms. The van der Waals surface area contributed by atoms with Crippen molar-refractivity contribution in [1.29, 1.82) is 0 Å². The molecule has 5 nitrogen and oxygen atoms in total. The lowest BCUT2D eigenvalue weighted by atomic mass is 9.85. The smallest absolute Gasteiger partial charge is 0.238 e. The van der Waals surface area contributed by atoms with Crippen LogP contribution in [0.4, 0.5) is 5.69 Å². The third-order valence-electron chi connectivity index (χ3n) is 6.60. The van der Waals surface area contributed by atoms with Gasteiger partial charge in [-0.25, -0.2) is 9.88 Å². The Hall–Kier alpha value is -2.64. The second kappa shape index (κ2) is 7.21. The van der Waals surface area contributed by atoms with Crippen LogP contribution in [-0.2, 0) is 15.3 Å². The maximum absolute atomic E-state index is 13.1. The van der Waals surface area contributed by atoms with Crippen molar-refractivity contribution < 1.29 is 14.3 Å². The van der Waals surface area contributed by atoms with Crippen molar-refractivity contribution in [3.05, 3.63) is 60.2 Å². The molecule has 1 aromatic heterocycles. The number of methoxy groups -OCH3 is 1. The van der Waals surface area contributed by atoms with Gasteiger partial charge in [-0.1, -0.05) is 36.0 Å². The molecule has 1 aliphatic heterocycles. The molecular formula is C24H20N2O3S2. The molecule has 7 heteroatoms. The zero-order valence-electron chi connectivity index (χ0n) is 16.9. The number of benzene rings is 2. The maximum atomic E-state index is 13.1. The van der Waals surface area contributed by atoms with Crippen LogP contribution in [0.15, 0.2) is 59.0 Å². The molecule has 2 heterocycles. The van der Waals surface area contributed by atoms with E-state index >= 15 is 0 Å². The second-order valence-electron chi connectivity index (χ2n) is 8.28. The summed E-state index contributed by atoms with van der Waals surface area (Å²) in [4.78, 5) is 32.3. The van der Waals surface area contributed by atoms with Crippen LogP contribution >= 0.6 is 23.1 Å². The Bertz CT molecular complexity index is 1200. The zero-order valence-corrected chi connectivity index (χ0v) is 18.5. The Balaban J connectivity index is 1.23. The highest BCUT2D eigenvalue weighted by atomic mass is 32.2. The fourth-order valence-corrected chi connectivity index (χ4v) is 7.17. The summed E-state index contributed by atoms with van der Waals surface area (Å²) in [6.45, 7) is 0. The summed E-state index contributed by atoms with van der Waals surface area (Å²) < 4.78 is 7.17. The lowest BCUT2D eigenvalue weighted by Gasteiger charge is -2.17. The monoisotopic (exact) mass is 448 g/mol. The SMILES string of the molecule is COc1ccc(CSc2nc3ccc(N4C(=O)[C@@H]5[C@@H](C4=O)[C@H]4C=C[C@H]5C4)cc3s2)cc1. The molecule has 1 saturated carbocycles. The fourth-order valence-electron chi connectivity index (χ4n) is 5.12. The first-order valence-electron chi connectivity index (χ1n) is 10.3. The molecule has 2 aromatic carbocycles. The molecule has 3 aromatic rings. The van der Waals surface area contributed by atoms with Crippen molar-refractivity contribution in [1.82, 2.24) is 4.98 Å². The number of carbonyl (C=O) groups excluding carboxylic acids is 2. The van der Waals surface area contributed by atoms with Gasteiger partial charge in [0.25, 0.3) is 0 Å². The van der Waals surface area contributed by atoms with Gasteiger partial charge in [0.05, 0.1) is 34.8 Å². The van der Waals surface area contributed by atoms with Gasteiger partial charge < -0.3 is 4.74 Å². The fraction of sp³-hybridized carbons (Fsp3) is 0.292. The van der Waals surface area contributed by atoms with Gasteiger partial charge in [-0.2, -0.15) is 0 Å². The van der Waals surface area contributed by atoms with Crippen LogP contribution in [0.2, 0.25) is 0 Å². The topological polar surface area (TPSA) is 59.5 Å². The van der Waals surface area contributed by atoms with E-state index in [0.717, 1.165) is 32.5 Å². The van der Waals surface area contributed by atoms with Crippen LogP contribution in [0.3, 0.4) is 0 Å². The third-order valence-corrected chi connectivity index (χ3v) is 8.83. The zero-order chi connectivity index (χ0) is 21.1. The van der Waals surface area contributed by atoms with Gasteiger partial charge in [0.1, 0.15) is 5.75 Å². The summed E-state index contributed by atoms with van der Waals surface area (Å²) in [6.07, 6.45) is 5.20. The predicted octanol–water partition coefficient (Wildman–Crippen LogP) is 4.91. The number of thiazole rings is 1. The number of fused-ring (bicyclic) bond motifs is 6. The standard InChI is InChI=1S/C24H20N2O3S2/c1-29-17-7-2-13(3-8-17)12-30-24-25-18-9-6-16(11-19(18)31-24)26-22(27)20-14-4-5-15(10-14)21(20)23(26)28/h2-9,11,14-15,20-21H,10,12H2,1H3/t14-,15-,20-,21-/m0/s1. The van der Waals surface area contributed by atoms with Gasteiger partial charge in [-0.3, -0.25) is 9.59 Å². The Kier molecular flexibility index (Phi) is 4.43. The Morgan fingerprint density at radius 3 is 2.45 bits per heavy atom. The van der Waals surface area contributed by atoms with E-state index in [1.807, 2.05) is 30.3 Å². The number of hydrogen-bond donors (Lipinski definition) is 0. The van der Waals surface area contributed by atoms with Crippen molar-refractivity contribution in [3.63, 3.8) is 0 Å². The van der Waals surface area contributed by atoms with E-state index in [0.29, 0.717) is 5.69 Å². The minimum Gasteiger partial charge on any atom is -0.497 e. The summed E-state index contributed by atoms with van der Waals surface area (Å²) in [6, 6.07) is 13.7. The highest BCUT2D eigenvalue weighted by Gasteiger charge is 2.59. The lowest BCUT2D eigenvalue weighted by Crippen LogP contribution is -2.32. The Morgan fingerprint density at radius 1 is 1.06 bits per heavy atom. The van der Waals surface area contributed by atoms with Gasteiger partial charge in [0.2, 0.25) is 11.8 Å². The first kappa shape index (κ1) is 19.1. The number of allylic oxidation sites excluding steroid dienone is 2. The van der Waals surface area contributed by atoms with Crippen LogP contribution in [0.1, 0.15) is 12.0 Å². The molecule has 1 saturated heterocycles. The summed E-state index contributed by atoms with van der Waals surface area (Å²) in [7, 11) is 1.66. The van der Waals surface area contributed by atoms with Crippen molar-refractivity contribution in [2.45, 2.75) is 16.5 Å². The highest BCUT2D eigenvalue weighted by Crippen LogP contribution is 2.53. The van der Waals surface area contributed by atoms with E-state index in [1.165, 1.54) is 10.5 Å². The summed E-state index contributed by atoms with van der Waals surface area (Å²) in [5.41, 5.74) is 2.77. The summed E-state index contributed by atoms with van der Waals surface area (Å²) in [5, 5.41) is 0. The Labute approximate surface area is 188 Å². The highest BCUT2D eigenvalue weighted by molar-refractivity contribution is 8.00. The molecule has 2 bridgehead atoms. The van der Waals surface area contributed by atoms with Gasteiger partial charge in [0, 0.05) is 5.75 Å². The van der Waals surface area contributed by atoms with Gasteiger partial charge in [0.15, 0.2) is 4.34 Å². The summed E-state index contributed by atoms with van der Waals surface area (Å²) in [5.74, 6) is 1.70. The van der Waals surface area contributed by atoms with Crippen LogP contribution in [0, 0.1) is 23.7 Å². The van der Waals surface area contributed by atoms with E-state index in [-0.39, 0.29) is 35.5 Å². The molecular weight excluding hydrogens is 428 g/mol. The quantitative estimate of drug-likeness (QED) is 0.315. The number of ether oxygens (including phenoxy) is 1. The number of amides is 2. The second-order valence-corrected chi connectivity index (χ2v) is 10.5. The lowest BCUT2D eigenvalue weighted by molar-refractivity contribution is -0.123. The van der Waals surface area contributed by atoms with E-state index in [1.54, 1.807) is 30.2 Å². The largest absolute Gasteiger partial charge is 0.497 e. The number of carbonyl (C=O) groups is 2. The molecule has 2 fully saturated rings. The first-order valence-corrected chi connectivity index (χ1v) is 12.1. The molecule has 6 rings (SSSR count). The first-order chi connectivity index (χ1) is 15.1. The van der Waals surface area contributed by atoms with Gasteiger partial charge >= 0.3 is 0 Å². The molecule has 4 atom stereocenters. The minimum atomic E-state index is -0.171. The number of imide groups is 1. The van der Waals surface area contributed by atoms with Crippen molar-refractivity contribution in [2.75, 3.05) is 12.0 Å². The molecule has 0 radical (unpaired) electrons. The minimum absolute atomic E-state index is 0.0372. The van der Waals surface area contributed by atoms with Gasteiger partial charge in [-0.05, 0) is 54.2 Å². The molecule has 0 N–H and O–H groups in total. The molecule has 3 aliphatic rings. The van der Waals surface area contributed by atoms with E-state index in [2.05, 4.69) is 24.3 Å². The average molecular weight is 449 g/mol. The van der Waals surface area contributed by atoms with Gasteiger partial charge in [-0.15, -0.1) is 11.3 Å². The molecule has 2 aliphatic carbocycles. The van der Waals surface area contributed by atoms with Crippen LogP contribution in [-0.4, -0.2) is 23.9 Å². The van der Waals surface area contributed by atoms with Crippen molar-refractivity contribution >= 4 is 50.8 Å². The number of nitrogens with zero attached hydrogens (tertiary/aromatic N) is 2. The molecule has 2 amide bonds. The number of thioether (sulfide) groups is 1. The molecule has 0 unspecified atom stereocenters. The van der Waals surface area contributed by atoms with Crippen LogP contribution in [0.5, 0.6) is 5.75 Å². The number of anilines is 1. The number of hydrogen-bond acceptors (Lipinski definition) is 6. The third kappa shape index (κ3) is 3.02. The van der Waals surface area contributed by atoms with Crippen molar-refractivity contribution in [2.24, 2.45) is 23.7 Å². The molecule has 0 spiro atoms. The average Bonchev–Trinajstić information content (AvgIpc) is 3.55. The Morgan fingerprint density at radius 2 is 1.77 bits per heavy atom.